The maximum absolute atomic E-state index is 13.9. The molecule has 1 aliphatic carbocycles. The third-order valence-corrected chi connectivity index (χ3v) is 6.09. The Balaban J connectivity index is 1.83. The highest BCUT2D eigenvalue weighted by atomic mass is 19.1. The summed E-state index contributed by atoms with van der Waals surface area (Å²) in [5.41, 5.74) is 2.82. The third-order valence-electron chi connectivity index (χ3n) is 6.09. The maximum Gasteiger partial charge on any atom is 0.251 e. The Hall–Kier alpha value is -3.09. The van der Waals surface area contributed by atoms with Crippen molar-refractivity contribution in [2.75, 3.05) is 0 Å². The molecule has 1 N–H and O–H groups in total. The molecule has 0 unspecified atom stereocenters. The van der Waals surface area contributed by atoms with Crippen LogP contribution in [0.15, 0.2) is 36.4 Å². The van der Waals surface area contributed by atoms with Crippen LogP contribution in [-0.2, 0) is 5.41 Å². The lowest BCUT2D eigenvalue weighted by atomic mass is 9.95. The molecule has 1 saturated carbocycles. The Morgan fingerprint density at radius 2 is 1.78 bits per heavy atom. The first kappa shape index (κ1) is 22.1. The van der Waals surface area contributed by atoms with Gasteiger partial charge in [0.05, 0.1) is 5.69 Å². The molecule has 4 rings (SSSR count). The van der Waals surface area contributed by atoms with Crippen LogP contribution in [0.4, 0.5) is 4.39 Å². The first-order chi connectivity index (χ1) is 15.0. The van der Waals surface area contributed by atoms with E-state index in [0.29, 0.717) is 28.6 Å². The van der Waals surface area contributed by atoms with Crippen LogP contribution in [0, 0.1) is 18.7 Å². The molecule has 1 aliphatic rings. The normalized spacial score (nSPS) is 14.5. The fourth-order valence-electron chi connectivity index (χ4n) is 3.96. The number of tetrazole rings is 1. The fraction of sp³-hybridized carbons (Fsp3) is 0.440. The molecule has 0 bridgehead atoms. The van der Waals surface area contributed by atoms with Crippen molar-refractivity contribution in [1.82, 2.24) is 25.5 Å². The van der Waals surface area contributed by atoms with Crippen molar-refractivity contribution in [1.29, 1.82) is 0 Å². The SMILES string of the molecule is Cc1cc(-c2cc(C(=O)NC(C)(C)C3CC3)cc(-n3nnnc3C(C)(C)C)c2)ccc1F. The van der Waals surface area contributed by atoms with E-state index in [1.165, 1.54) is 6.07 Å². The molecule has 0 spiro atoms. The van der Waals surface area contributed by atoms with Crippen LogP contribution in [0.3, 0.4) is 0 Å². The zero-order valence-corrected chi connectivity index (χ0v) is 19.5. The summed E-state index contributed by atoms with van der Waals surface area (Å²) in [7, 11) is 0. The van der Waals surface area contributed by atoms with E-state index in [0.717, 1.165) is 24.0 Å². The molecule has 0 radical (unpaired) electrons. The van der Waals surface area contributed by atoms with Crippen molar-refractivity contribution < 1.29 is 9.18 Å². The van der Waals surface area contributed by atoms with Crippen LogP contribution in [0.1, 0.15) is 69.2 Å². The standard InChI is InChI=1S/C25H30FN5O/c1-15-11-16(7-10-21(15)26)17-12-18(22(32)27-25(5,6)19-8-9-19)14-20(13-17)31-23(24(2,3)4)28-29-30-31/h7,10-14,19H,8-9H2,1-6H3,(H,27,32). The third kappa shape index (κ3) is 4.42. The molecule has 168 valence electrons. The van der Waals surface area contributed by atoms with Crippen molar-refractivity contribution in [3.63, 3.8) is 0 Å². The molecule has 6 nitrogen and oxygen atoms in total. The highest BCUT2D eigenvalue weighted by Gasteiger charge is 2.39. The minimum Gasteiger partial charge on any atom is -0.347 e. The first-order valence-electron chi connectivity index (χ1n) is 11.0. The predicted octanol–water partition coefficient (Wildman–Crippen LogP) is 4.99. The Morgan fingerprint density at radius 3 is 2.41 bits per heavy atom. The maximum atomic E-state index is 13.9. The Labute approximate surface area is 188 Å². The number of rotatable bonds is 5. The van der Waals surface area contributed by atoms with E-state index >= 15 is 0 Å². The number of nitrogens with zero attached hydrogens (tertiary/aromatic N) is 4. The summed E-state index contributed by atoms with van der Waals surface area (Å²) in [5.74, 6) is 0.786. The van der Waals surface area contributed by atoms with E-state index in [9.17, 15) is 9.18 Å². The van der Waals surface area contributed by atoms with Crippen molar-refractivity contribution in [2.45, 2.75) is 65.3 Å². The van der Waals surface area contributed by atoms with Crippen LogP contribution in [-0.4, -0.2) is 31.7 Å². The number of benzene rings is 2. The highest BCUT2D eigenvalue weighted by molar-refractivity contribution is 5.96. The van der Waals surface area contributed by atoms with E-state index in [2.05, 4.69) is 34.7 Å². The average Bonchev–Trinajstić information content (AvgIpc) is 3.46. The number of carbonyl (C=O) groups is 1. The molecule has 1 amide bonds. The molecule has 1 fully saturated rings. The Bertz CT molecular complexity index is 1170. The summed E-state index contributed by atoms with van der Waals surface area (Å²) in [6.07, 6.45) is 2.26. The van der Waals surface area contributed by atoms with Crippen molar-refractivity contribution in [3.8, 4) is 16.8 Å². The molecular formula is C25H30FN5O. The number of hydrogen-bond acceptors (Lipinski definition) is 4. The topological polar surface area (TPSA) is 72.7 Å². The van der Waals surface area contributed by atoms with Crippen LogP contribution >= 0.6 is 0 Å². The number of carbonyl (C=O) groups excluding carboxylic acids is 1. The van der Waals surface area contributed by atoms with Crippen LogP contribution in [0.25, 0.3) is 16.8 Å². The zero-order chi connectivity index (χ0) is 23.3. The molecule has 32 heavy (non-hydrogen) atoms. The first-order valence-corrected chi connectivity index (χ1v) is 11.0. The van der Waals surface area contributed by atoms with Crippen molar-refractivity contribution >= 4 is 5.91 Å². The Morgan fingerprint density at radius 1 is 1.06 bits per heavy atom. The summed E-state index contributed by atoms with van der Waals surface area (Å²) in [6, 6.07) is 10.5. The summed E-state index contributed by atoms with van der Waals surface area (Å²) in [4.78, 5) is 13.3. The van der Waals surface area contributed by atoms with E-state index in [1.807, 2.05) is 39.0 Å². The van der Waals surface area contributed by atoms with Gasteiger partial charge in [0.25, 0.3) is 5.91 Å². The lowest BCUT2D eigenvalue weighted by molar-refractivity contribution is 0.0903. The van der Waals surface area contributed by atoms with E-state index in [4.69, 9.17) is 0 Å². The zero-order valence-electron chi connectivity index (χ0n) is 19.5. The molecule has 2 aromatic carbocycles. The number of aromatic nitrogens is 4. The van der Waals surface area contributed by atoms with Gasteiger partial charge in [0.15, 0.2) is 5.82 Å². The van der Waals surface area contributed by atoms with Gasteiger partial charge < -0.3 is 5.32 Å². The lowest BCUT2D eigenvalue weighted by Gasteiger charge is -2.26. The van der Waals surface area contributed by atoms with E-state index in [1.54, 1.807) is 23.7 Å². The van der Waals surface area contributed by atoms with E-state index in [-0.39, 0.29) is 22.7 Å². The second-order valence-electron chi connectivity index (χ2n) is 10.3. The summed E-state index contributed by atoms with van der Waals surface area (Å²) in [5, 5.41) is 15.5. The molecular weight excluding hydrogens is 405 g/mol. The van der Waals surface area contributed by atoms with Crippen molar-refractivity contribution in [2.24, 2.45) is 5.92 Å². The van der Waals surface area contributed by atoms with E-state index < -0.39 is 0 Å². The number of halogens is 1. The van der Waals surface area contributed by atoms with Crippen LogP contribution < -0.4 is 5.32 Å². The molecule has 3 aromatic rings. The second-order valence-corrected chi connectivity index (χ2v) is 10.3. The number of nitrogens with one attached hydrogen (secondary N) is 1. The Kier molecular flexibility index (Phi) is 5.39. The minimum absolute atomic E-state index is 0.144. The number of hydrogen-bond donors (Lipinski definition) is 1. The quantitative estimate of drug-likeness (QED) is 0.613. The van der Waals surface area contributed by atoms with Crippen LogP contribution in [0.5, 0.6) is 0 Å². The fourth-order valence-corrected chi connectivity index (χ4v) is 3.96. The van der Waals surface area contributed by atoms with Gasteiger partial charge in [-0.25, -0.2) is 4.39 Å². The smallest absolute Gasteiger partial charge is 0.251 e. The van der Waals surface area contributed by atoms with Gasteiger partial charge >= 0.3 is 0 Å². The van der Waals surface area contributed by atoms with Gasteiger partial charge in [0.2, 0.25) is 0 Å². The minimum atomic E-state index is -0.289. The largest absolute Gasteiger partial charge is 0.347 e. The van der Waals surface area contributed by atoms with Gasteiger partial charge in [0.1, 0.15) is 5.82 Å². The number of amides is 1. The molecule has 0 aliphatic heterocycles. The molecule has 1 heterocycles. The lowest BCUT2D eigenvalue weighted by Crippen LogP contribution is -2.45. The molecule has 1 aromatic heterocycles. The predicted molar refractivity (Wildman–Crippen MR) is 122 cm³/mol. The van der Waals surface area contributed by atoms with Gasteiger partial charge in [-0.3, -0.25) is 4.79 Å². The second kappa shape index (κ2) is 7.80. The average molecular weight is 436 g/mol. The van der Waals surface area contributed by atoms with Gasteiger partial charge in [-0.05, 0) is 97.0 Å². The van der Waals surface area contributed by atoms with Crippen LogP contribution in [0.2, 0.25) is 0 Å². The van der Waals surface area contributed by atoms with Gasteiger partial charge in [-0.2, -0.15) is 4.68 Å². The number of aryl methyl sites for hydroxylation is 1. The van der Waals surface area contributed by atoms with Gasteiger partial charge in [-0.1, -0.05) is 26.8 Å². The van der Waals surface area contributed by atoms with Gasteiger partial charge in [0, 0.05) is 16.5 Å². The monoisotopic (exact) mass is 435 g/mol. The van der Waals surface area contributed by atoms with Crippen molar-refractivity contribution in [3.05, 3.63) is 59.2 Å². The summed E-state index contributed by atoms with van der Waals surface area (Å²) in [6.45, 7) is 12.0. The van der Waals surface area contributed by atoms with Gasteiger partial charge in [-0.15, -0.1) is 5.10 Å². The summed E-state index contributed by atoms with van der Waals surface area (Å²) >= 11 is 0. The highest BCUT2D eigenvalue weighted by Crippen LogP contribution is 2.39. The summed E-state index contributed by atoms with van der Waals surface area (Å²) < 4.78 is 15.6. The molecule has 0 atom stereocenters. The molecule has 0 saturated heterocycles. The molecule has 7 heteroatoms.